The van der Waals surface area contributed by atoms with E-state index in [0.29, 0.717) is 6.10 Å². The lowest BCUT2D eigenvalue weighted by Gasteiger charge is -2.09. The van der Waals surface area contributed by atoms with Gasteiger partial charge in [0, 0.05) is 17.7 Å². The summed E-state index contributed by atoms with van der Waals surface area (Å²) in [5, 5.41) is 2.20. The van der Waals surface area contributed by atoms with E-state index in [1.54, 1.807) is 18.1 Å². The van der Waals surface area contributed by atoms with Crippen LogP contribution >= 0.6 is 11.8 Å². The largest absolute Gasteiger partial charge is 0.377 e. The average Bonchev–Trinajstić information content (AvgIpc) is 2.89. The molecule has 2 heterocycles. The number of nitrogens with zero attached hydrogens (tertiary/aromatic N) is 2. The third kappa shape index (κ3) is 2.42. The van der Waals surface area contributed by atoms with Gasteiger partial charge in [-0.25, -0.2) is 9.97 Å². The lowest BCUT2D eigenvalue weighted by molar-refractivity contribution is 0.129. The number of para-hydroxylation sites is 1. The van der Waals surface area contributed by atoms with Crippen LogP contribution in [-0.2, 0) is 4.74 Å². The number of hydrogen-bond acceptors (Lipinski definition) is 4. The maximum Gasteiger partial charge on any atom is 0.117 e. The van der Waals surface area contributed by atoms with E-state index in [2.05, 4.69) is 16.0 Å². The molecule has 1 aliphatic rings. The SMILES string of the molecule is c1ccc2c(SCC3CCCO3)ncnc2c1. The molecule has 1 fully saturated rings. The molecule has 0 bridgehead atoms. The first-order chi connectivity index (χ1) is 8.43. The number of ether oxygens (including phenoxy) is 1. The van der Waals surface area contributed by atoms with E-state index in [4.69, 9.17) is 4.74 Å². The first-order valence-electron chi connectivity index (χ1n) is 5.87. The zero-order valence-corrected chi connectivity index (χ0v) is 10.3. The van der Waals surface area contributed by atoms with Crippen LogP contribution in [0, 0.1) is 0 Å². The van der Waals surface area contributed by atoms with Crippen molar-refractivity contribution in [2.75, 3.05) is 12.4 Å². The second kappa shape index (κ2) is 5.02. The smallest absolute Gasteiger partial charge is 0.117 e. The highest BCUT2D eigenvalue weighted by Gasteiger charge is 2.16. The summed E-state index contributed by atoms with van der Waals surface area (Å²) in [7, 11) is 0. The Morgan fingerprint density at radius 2 is 2.24 bits per heavy atom. The summed E-state index contributed by atoms with van der Waals surface area (Å²) in [6, 6.07) is 8.13. The fourth-order valence-electron chi connectivity index (χ4n) is 2.04. The van der Waals surface area contributed by atoms with Gasteiger partial charge in [-0.15, -0.1) is 11.8 Å². The van der Waals surface area contributed by atoms with E-state index in [9.17, 15) is 0 Å². The van der Waals surface area contributed by atoms with Crippen LogP contribution < -0.4 is 0 Å². The number of hydrogen-bond donors (Lipinski definition) is 0. The molecule has 1 aromatic carbocycles. The molecule has 4 heteroatoms. The molecule has 0 N–H and O–H groups in total. The Morgan fingerprint density at radius 1 is 1.29 bits per heavy atom. The summed E-state index contributed by atoms with van der Waals surface area (Å²) < 4.78 is 5.62. The molecule has 1 aromatic heterocycles. The quantitative estimate of drug-likeness (QED) is 0.616. The molecule has 17 heavy (non-hydrogen) atoms. The van der Waals surface area contributed by atoms with Gasteiger partial charge in [-0.1, -0.05) is 18.2 Å². The third-order valence-corrected chi connectivity index (χ3v) is 4.07. The second-order valence-electron chi connectivity index (χ2n) is 4.14. The lowest BCUT2D eigenvalue weighted by Crippen LogP contribution is -2.08. The Kier molecular flexibility index (Phi) is 3.25. The summed E-state index contributed by atoms with van der Waals surface area (Å²) in [4.78, 5) is 8.63. The zero-order valence-electron chi connectivity index (χ0n) is 9.50. The molecular weight excluding hydrogens is 232 g/mol. The summed E-state index contributed by atoms with van der Waals surface area (Å²) >= 11 is 1.77. The maximum absolute atomic E-state index is 5.62. The molecule has 0 radical (unpaired) electrons. The van der Waals surface area contributed by atoms with Crippen molar-refractivity contribution in [3.8, 4) is 0 Å². The first kappa shape index (κ1) is 11.0. The molecule has 0 amide bonds. The van der Waals surface area contributed by atoms with Gasteiger partial charge in [0.1, 0.15) is 11.4 Å². The maximum atomic E-state index is 5.62. The van der Waals surface area contributed by atoms with Gasteiger partial charge >= 0.3 is 0 Å². The highest BCUT2D eigenvalue weighted by Crippen LogP contribution is 2.27. The number of fused-ring (bicyclic) bond motifs is 1. The average molecular weight is 246 g/mol. The number of aromatic nitrogens is 2. The molecule has 0 spiro atoms. The Bertz CT molecular complexity index is 506. The predicted molar refractivity (Wildman–Crippen MR) is 69.2 cm³/mol. The van der Waals surface area contributed by atoms with Gasteiger partial charge < -0.3 is 4.74 Å². The summed E-state index contributed by atoms with van der Waals surface area (Å²) in [6.45, 7) is 0.912. The Labute approximate surface area is 105 Å². The molecule has 0 saturated carbocycles. The van der Waals surface area contributed by atoms with Crippen molar-refractivity contribution < 1.29 is 4.74 Å². The van der Waals surface area contributed by atoms with Crippen LogP contribution in [-0.4, -0.2) is 28.4 Å². The Morgan fingerprint density at radius 3 is 3.12 bits per heavy atom. The van der Waals surface area contributed by atoms with Crippen LogP contribution in [0.3, 0.4) is 0 Å². The van der Waals surface area contributed by atoms with Crippen LogP contribution in [0.15, 0.2) is 35.6 Å². The van der Waals surface area contributed by atoms with E-state index < -0.39 is 0 Å². The van der Waals surface area contributed by atoms with E-state index >= 15 is 0 Å². The fraction of sp³-hybridized carbons (Fsp3) is 0.385. The molecule has 3 nitrogen and oxygen atoms in total. The van der Waals surface area contributed by atoms with Gasteiger partial charge in [-0.05, 0) is 18.9 Å². The van der Waals surface area contributed by atoms with Crippen molar-refractivity contribution in [1.29, 1.82) is 0 Å². The second-order valence-corrected chi connectivity index (χ2v) is 5.15. The minimum Gasteiger partial charge on any atom is -0.377 e. The van der Waals surface area contributed by atoms with E-state index in [1.165, 1.54) is 12.8 Å². The molecule has 2 aromatic rings. The topological polar surface area (TPSA) is 35.0 Å². The third-order valence-electron chi connectivity index (χ3n) is 2.94. The molecule has 1 saturated heterocycles. The molecule has 1 atom stereocenters. The summed E-state index contributed by atoms with van der Waals surface area (Å²) in [5.74, 6) is 0.987. The lowest BCUT2D eigenvalue weighted by atomic mass is 10.2. The van der Waals surface area contributed by atoms with Crippen LogP contribution in [0.4, 0.5) is 0 Å². The van der Waals surface area contributed by atoms with Crippen molar-refractivity contribution in [2.45, 2.75) is 24.0 Å². The van der Waals surface area contributed by atoms with E-state index in [0.717, 1.165) is 28.3 Å². The van der Waals surface area contributed by atoms with Gasteiger partial charge in [0.25, 0.3) is 0 Å². The van der Waals surface area contributed by atoms with Crippen molar-refractivity contribution in [1.82, 2.24) is 9.97 Å². The summed E-state index contributed by atoms with van der Waals surface area (Å²) in [6.07, 6.45) is 4.40. The molecule has 1 aliphatic heterocycles. The first-order valence-corrected chi connectivity index (χ1v) is 6.86. The van der Waals surface area contributed by atoms with Crippen molar-refractivity contribution in [2.24, 2.45) is 0 Å². The normalized spacial score (nSPS) is 19.9. The van der Waals surface area contributed by atoms with Crippen LogP contribution in [0.25, 0.3) is 10.9 Å². The Hall–Kier alpha value is -1.13. The number of thioether (sulfide) groups is 1. The molecule has 1 unspecified atom stereocenters. The minimum absolute atomic E-state index is 0.397. The van der Waals surface area contributed by atoms with Crippen LogP contribution in [0.2, 0.25) is 0 Å². The van der Waals surface area contributed by atoms with Gasteiger partial charge in [-0.2, -0.15) is 0 Å². The highest BCUT2D eigenvalue weighted by atomic mass is 32.2. The molecule has 88 valence electrons. The van der Waals surface area contributed by atoms with E-state index in [1.807, 2.05) is 18.2 Å². The van der Waals surface area contributed by atoms with Crippen molar-refractivity contribution in [3.05, 3.63) is 30.6 Å². The standard InChI is InChI=1S/C13H14N2OS/c1-2-6-12-11(5-1)13(15-9-14-12)17-8-10-4-3-7-16-10/h1-2,5-6,9-10H,3-4,7-8H2. The number of rotatable bonds is 3. The fourth-order valence-corrected chi connectivity index (χ4v) is 3.10. The monoisotopic (exact) mass is 246 g/mol. The van der Waals surface area contributed by atoms with E-state index in [-0.39, 0.29) is 0 Å². The van der Waals surface area contributed by atoms with Crippen LogP contribution in [0.5, 0.6) is 0 Å². The Balaban J connectivity index is 1.79. The van der Waals surface area contributed by atoms with Gasteiger partial charge in [0.15, 0.2) is 0 Å². The molecular formula is C13H14N2OS. The predicted octanol–water partition coefficient (Wildman–Crippen LogP) is 2.90. The molecule has 3 rings (SSSR count). The minimum atomic E-state index is 0.397. The van der Waals surface area contributed by atoms with Gasteiger partial charge in [0.05, 0.1) is 11.6 Å². The molecule has 0 aliphatic carbocycles. The zero-order chi connectivity index (χ0) is 11.5. The summed E-state index contributed by atoms with van der Waals surface area (Å²) in [5.41, 5.74) is 1.01. The van der Waals surface area contributed by atoms with Crippen LogP contribution in [0.1, 0.15) is 12.8 Å². The van der Waals surface area contributed by atoms with Crippen molar-refractivity contribution in [3.63, 3.8) is 0 Å². The van der Waals surface area contributed by atoms with Gasteiger partial charge in [0.2, 0.25) is 0 Å². The number of benzene rings is 1. The van der Waals surface area contributed by atoms with Gasteiger partial charge in [-0.3, -0.25) is 0 Å². The van der Waals surface area contributed by atoms with Crippen molar-refractivity contribution >= 4 is 22.7 Å². The highest BCUT2D eigenvalue weighted by molar-refractivity contribution is 7.99.